The summed E-state index contributed by atoms with van der Waals surface area (Å²) < 4.78 is 4.60. The molecule has 0 aromatic carbocycles. The molecule has 138 valence electrons. The van der Waals surface area contributed by atoms with Crippen molar-refractivity contribution < 1.29 is 19.4 Å². The quantitative estimate of drug-likeness (QED) is 0.329. The first-order chi connectivity index (χ1) is 11.4. The first-order valence-corrected chi connectivity index (χ1v) is 8.99. The van der Waals surface area contributed by atoms with Crippen molar-refractivity contribution in [3.05, 3.63) is 23.8 Å². The van der Waals surface area contributed by atoms with Gasteiger partial charge in [0, 0.05) is 6.42 Å². The van der Waals surface area contributed by atoms with Crippen molar-refractivity contribution >= 4 is 11.8 Å². The van der Waals surface area contributed by atoms with E-state index in [-0.39, 0.29) is 24.0 Å². The van der Waals surface area contributed by atoms with Crippen LogP contribution in [0.3, 0.4) is 0 Å². The summed E-state index contributed by atoms with van der Waals surface area (Å²) in [5, 5.41) is 10.2. The fourth-order valence-electron chi connectivity index (χ4n) is 2.71. The normalized spacial score (nSPS) is 16.0. The summed E-state index contributed by atoms with van der Waals surface area (Å²) in [6, 6.07) is 0. The van der Waals surface area contributed by atoms with Crippen molar-refractivity contribution in [1.82, 2.24) is 0 Å². The molecule has 4 nitrogen and oxygen atoms in total. The molecular weight excluding hydrogens is 304 g/mol. The van der Waals surface area contributed by atoms with Gasteiger partial charge < -0.3 is 9.84 Å². The van der Waals surface area contributed by atoms with Crippen molar-refractivity contribution in [2.45, 2.75) is 72.3 Å². The molecule has 0 fully saturated rings. The van der Waals surface area contributed by atoms with Gasteiger partial charge in [-0.15, -0.1) is 0 Å². The Hall–Kier alpha value is -1.42. The largest absolute Gasteiger partial charge is 0.469 e. The number of ketones is 1. The molecule has 0 saturated carbocycles. The van der Waals surface area contributed by atoms with E-state index in [9.17, 15) is 14.7 Å². The van der Waals surface area contributed by atoms with E-state index in [1.807, 2.05) is 13.8 Å². The molecule has 0 rings (SSSR count). The van der Waals surface area contributed by atoms with Gasteiger partial charge in [-0.05, 0) is 44.1 Å². The number of hydrogen-bond acceptors (Lipinski definition) is 4. The fourth-order valence-corrected chi connectivity index (χ4v) is 2.71. The van der Waals surface area contributed by atoms with Gasteiger partial charge in [-0.25, -0.2) is 0 Å². The van der Waals surface area contributed by atoms with Gasteiger partial charge in [-0.2, -0.15) is 0 Å². The summed E-state index contributed by atoms with van der Waals surface area (Å²) in [5.74, 6) is -0.0481. The molecule has 0 bridgehead atoms. The number of carbonyl (C=O) groups is 2. The lowest BCUT2D eigenvalue weighted by atomic mass is 9.89. The van der Waals surface area contributed by atoms with Crippen LogP contribution in [-0.2, 0) is 14.3 Å². The topological polar surface area (TPSA) is 63.6 Å². The standard InChI is InChI=1S/C20H34O4/c1-6-9-10-16(7-2)13-18(21)12-15(4)11-17(8-3)19(22)14-20(23)24-5/h9-10,12,16-17,19,22H,6-8,11,13-14H2,1-5H3/b10-9+,15-12+. The number of rotatable bonds is 12. The predicted octanol–water partition coefficient (Wildman–Crippen LogP) is 4.22. The molecule has 0 radical (unpaired) electrons. The van der Waals surface area contributed by atoms with Crippen molar-refractivity contribution in [3.63, 3.8) is 0 Å². The van der Waals surface area contributed by atoms with Crippen LogP contribution in [0.4, 0.5) is 0 Å². The maximum absolute atomic E-state index is 12.2. The number of hydrogen-bond donors (Lipinski definition) is 1. The highest BCUT2D eigenvalue weighted by atomic mass is 16.5. The molecule has 0 aliphatic heterocycles. The highest BCUT2D eigenvalue weighted by Gasteiger charge is 2.21. The van der Waals surface area contributed by atoms with Crippen LogP contribution in [0.1, 0.15) is 66.2 Å². The van der Waals surface area contributed by atoms with Crippen molar-refractivity contribution in [2.75, 3.05) is 7.11 Å². The minimum atomic E-state index is -0.739. The predicted molar refractivity (Wildman–Crippen MR) is 97.6 cm³/mol. The third-order valence-corrected chi connectivity index (χ3v) is 4.30. The van der Waals surface area contributed by atoms with Crippen LogP contribution in [0.2, 0.25) is 0 Å². The summed E-state index contributed by atoms with van der Waals surface area (Å²) in [5.41, 5.74) is 0.949. The van der Waals surface area contributed by atoms with Gasteiger partial charge in [0.15, 0.2) is 5.78 Å². The van der Waals surface area contributed by atoms with E-state index >= 15 is 0 Å². The molecule has 0 aliphatic rings. The molecule has 0 spiro atoms. The van der Waals surface area contributed by atoms with Gasteiger partial charge in [-0.1, -0.05) is 44.9 Å². The molecule has 3 unspecified atom stereocenters. The van der Waals surface area contributed by atoms with E-state index in [2.05, 4.69) is 30.7 Å². The summed E-state index contributed by atoms with van der Waals surface area (Å²) in [6.07, 6.45) is 8.98. The fraction of sp³-hybridized carbons (Fsp3) is 0.700. The van der Waals surface area contributed by atoms with Crippen molar-refractivity contribution in [1.29, 1.82) is 0 Å². The molecule has 24 heavy (non-hydrogen) atoms. The van der Waals surface area contributed by atoms with Gasteiger partial charge in [-0.3, -0.25) is 9.59 Å². The molecule has 0 heterocycles. The van der Waals surface area contributed by atoms with Crippen molar-refractivity contribution in [2.24, 2.45) is 11.8 Å². The first kappa shape index (κ1) is 22.6. The minimum Gasteiger partial charge on any atom is -0.469 e. The zero-order valence-corrected chi connectivity index (χ0v) is 15.9. The van der Waals surface area contributed by atoms with E-state index < -0.39 is 12.1 Å². The van der Waals surface area contributed by atoms with Gasteiger partial charge in [0.25, 0.3) is 0 Å². The third-order valence-electron chi connectivity index (χ3n) is 4.30. The monoisotopic (exact) mass is 338 g/mol. The average molecular weight is 338 g/mol. The number of carbonyl (C=O) groups excluding carboxylic acids is 2. The maximum atomic E-state index is 12.2. The Bertz CT molecular complexity index is 437. The van der Waals surface area contributed by atoms with Crippen LogP contribution in [0.5, 0.6) is 0 Å². The molecule has 0 aromatic rings. The number of aliphatic hydroxyl groups is 1. The summed E-state index contributed by atoms with van der Waals surface area (Å²) in [4.78, 5) is 23.5. The summed E-state index contributed by atoms with van der Waals surface area (Å²) in [7, 11) is 1.32. The van der Waals surface area contributed by atoms with Gasteiger partial charge in [0.2, 0.25) is 0 Å². The van der Waals surface area contributed by atoms with Crippen LogP contribution in [0.15, 0.2) is 23.8 Å². The Morgan fingerprint density at radius 1 is 1.08 bits per heavy atom. The van der Waals surface area contributed by atoms with E-state index in [0.29, 0.717) is 12.8 Å². The second-order valence-corrected chi connectivity index (χ2v) is 6.39. The Morgan fingerprint density at radius 2 is 1.75 bits per heavy atom. The number of methoxy groups -OCH3 is 1. The van der Waals surface area contributed by atoms with Crippen LogP contribution in [-0.4, -0.2) is 30.1 Å². The molecule has 4 heteroatoms. The van der Waals surface area contributed by atoms with Gasteiger partial charge in [0.05, 0.1) is 19.6 Å². The van der Waals surface area contributed by atoms with Crippen molar-refractivity contribution in [3.8, 4) is 0 Å². The lowest BCUT2D eigenvalue weighted by Gasteiger charge is -2.21. The molecule has 1 N–H and O–H groups in total. The van der Waals surface area contributed by atoms with Gasteiger partial charge >= 0.3 is 5.97 Å². The lowest BCUT2D eigenvalue weighted by molar-refractivity contribution is -0.143. The highest BCUT2D eigenvalue weighted by molar-refractivity contribution is 5.90. The maximum Gasteiger partial charge on any atom is 0.308 e. The molecule has 0 aliphatic carbocycles. The number of aliphatic hydroxyl groups excluding tert-OH is 1. The van der Waals surface area contributed by atoms with Crippen LogP contribution in [0.25, 0.3) is 0 Å². The Morgan fingerprint density at radius 3 is 2.25 bits per heavy atom. The number of esters is 1. The van der Waals surface area contributed by atoms with Gasteiger partial charge in [0.1, 0.15) is 0 Å². The zero-order chi connectivity index (χ0) is 18.5. The number of allylic oxidation sites excluding steroid dienone is 4. The van der Waals surface area contributed by atoms with Crippen LogP contribution >= 0.6 is 0 Å². The minimum absolute atomic E-state index is 0.00401. The third kappa shape index (κ3) is 9.66. The Balaban J connectivity index is 4.66. The molecule has 0 saturated heterocycles. The second-order valence-electron chi connectivity index (χ2n) is 6.39. The van der Waals surface area contributed by atoms with E-state index in [4.69, 9.17) is 0 Å². The Kier molecular flexibility index (Phi) is 12.2. The smallest absolute Gasteiger partial charge is 0.308 e. The second kappa shape index (κ2) is 12.9. The lowest BCUT2D eigenvalue weighted by Crippen LogP contribution is -2.24. The molecule has 0 amide bonds. The van der Waals surface area contributed by atoms with E-state index in [0.717, 1.165) is 24.8 Å². The molecule has 3 atom stereocenters. The summed E-state index contributed by atoms with van der Waals surface area (Å²) in [6.45, 7) is 8.06. The van der Waals surface area contributed by atoms with E-state index in [1.165, 1.54) is 7.11 Å². The zero-order valence-electron chi connectivity index (χ0n) is 15.9. The Labute approximate surface area is 147 Å². The van der Waals surface area contributed by atoms with E-state index in [1.54, 1.807) is 6.08 Å². The molecular formula is C20H34O4. The molecule has 0 aromatic heterocycles. The highest BCUT2D eigenvalue weighted by Crippen LogP contribution is 2.22. The van der Waals surface area contributed by atoms with Crippen LogP contribution in [0, 0.1) is 11.8 Å². The SMILES string of the molecule is CC/C=C/C(CC)CC(=O)/C=C(\C)CC(CC)C(O)CC(=O)OC. The number of ether oxygens (including phenoxy) is 1. The first-order valence-electron chi connectivity index (χ1n) is 8.99. The average Bonchev–Trinajstić information content (AvgIpc) is 2.55. The summed E-state index contributed by atoms with van der Waals surface area (Å²) >= 11 is 0. The van der Waals surface area contributed by atoms with Crippen LogP contribution < -0.4 is 0 Å².